The standard InChI is InChI=1S/C55H34N4OS/c1-3-15-40(16-4-1)59(41-17-5-2-6-18-41)42-30-27-36(28-31-42)38-29-32-43-48(34-38)60-47-22-11-20-45(51(43)47)54-56-53(39-26-25-35-13-7-8-14-37(35)33-39)57-55(58-54)46-21-12-24-50-52(46)44-19-9-10-23-49(44)61-50/h1-34H. The predicted molar refractivity (Wildman–Crippen MR) is 254 cm³/mol. The summed E-state index contributed by atoms with van der Waals surface area (Å²) in [6.45, 7) is 0. The molecule has 0 radical (unpaired) electrons. The molecule has 61 heavy (non-hydrogen) atoms. The fraction of sp³-hybridized carbons (Fsp3) is 0. The Kier molecular flexibility index (Phi) is 8.28. The third kappa shape index (κ3) is 6.12. The summed E-state index contributed by atoms with van der Waals surface area (Å²) in [5.41, 5.74) is 9.85. The molecule has 0 saturated heterocycles. The highest BCUT2D eigenvalue weighted by molar-refractivity contribution is 7.25. The van der Waals surface area contributed by atoms with E-state index in [1.807, 2.05) is 24.3 Å². The van der Waals surface area contributed by atoms with Gasteiger partial charge in [-0.1, -0.05) is 133 Å². The minimum Gasteiger partial charge on any atom is -0.456 e. The van der Waals surface area contributed by atoms with E-state index in [0.717, 1.165) is 77.6 Å². The normalized spacial score (nSPS) is 11.6. The van der Waals surface area contributed by atoms with Crippen LogP contribution < -0.4 is 4.90 Å². The molecule has 0 aliphatic carbocycles. The zero-order valence-electron chi connectivity index (χ0n) is 32.7. The fourth-order valence-electron chi connectivity index (χ4n) is 8.63. The van der Waals surface area contributed by atoms with Gasteiger partial charge in [-0.2, -0.15) is 0 Å². The van der Waals surface area contributed by atoms with Crippen LogP contribution in [0.5, 0.6) is 0 Å². The molecule has 0 aliphatic rings. The van der Waals surface area contributed by atoms with Crippen molar-refractivity contribution in [2.75, 3.05) is 4.90 Å². The van der Waals surface area contributed by atoms with E-state index in [1.54, 1.807) is 11.3 Å². The van der Waals surface area contributed by atoms with Gasteiger partial charge in [-0.3, -0.25) is 0 Å². The van der Waals surface area contributed by atoms with Crippen molar-refractivity contribution < 1.29 is 4.42 Å². The van der Waals surface area contributed by atoms with Crippen molar-refractivity contribution in [1.29, 1.82) is 0 Å². The van der Waals surface area contributed by atoms with Crippen molar-refractivity contribution in [2.24, 2.45) is 0 Å². The van der Waals surface area contributed by atoms with Gasteiger partial charge < -0.3 is 9.32 Å². The summed E-state index contributed by atoms with van der Waals surface area (Å²) >= 11 is 1.79. The highest BCUT2D eigenvalue weighted by atomic mass is 32.1. The molecule has 0 unspecified atom stereocenters. The quantitative estimate of drug-likeness (QED) is 0.161. The van der Waals surface area contributed by atoms with Crippen LogP contribution >= 0.6 is 11.3 Å². The molecule has 3 aromatic heterocycles. The number of para-hydroxylation sites is 2. The van der Waals surface area contributed by atoms with Crippen LogP contribution in [-0.2, 0) is 0 Å². The van der Waals surface area contributed by atoms with Crippen LogP contribution in [0.3, 0.4) is 0 Å². The van der Waals surface area contributed by atoms with E-state index >= 15 is 0 Å². The minimum absolute atomic E-state index is 0.596. The second-order valence-corrected chi connectivity index (χ2v) is 16.3. The molecule has 0 fully saturated rings. The number of hydrogen-bond acceptors (Lipinski definition) is 6. The summed E-state index contributed by atoms with van der Waals surface area (Å²) in [6.07, 6.45) is 0. The molecule has 0 bridgehead atoms. The van der Waals surface area contributed by atoms with Gasteiger partial charge in [0.05, 0.1) is 0 Å². The molecule has 0 atom stereocenters. The number of rotatable bonds is 7. The topological polar surface area (TPSA) is 55.1 Å². The van der Waals surface area contributed by atoms with Gasteiger partial charge in [0.1, 0.15) is 11.2 Å². The van der Waals surface area contributed by atoms with Crippen LogP contribution in [0.25, 0.3) is 98.2 Å². The summed E-state index contributed by atoms with van der Waals surface area (Å²) in [5, 5.41) is 6.64. The smallest absolute Gasteiger partial charge is 0.164 e. The number of fused-ring (bicyclic) bond motifs is 7. The van der Waals surface area contributed by atoms with Crippen LogP contribution in [0.1, 0.15) is 0 Å². The Morgan fingerprint density at radius 1 is 0.361 bits per heavy atom. The molecule has 0 saturated carbocycles. The Balaban J connectivity index is 0.987. The highest BCUT2D eigenvalue weighted by Gasteiger charge is 2.21. The van der Waals surface area contributed by atoms with Gasteiger partial charge in [0.2, 0.25) is 0 Å². The van der Waals surface area contributed by atoms with Crippen LogP contribution in [0.15, 0.2) is 211 Å². The van der Waals surface area contributed by atoms with Crippen molar-refractivity contribution in [2.45, 2.75) is 0 Å². The predicted octanol–water partition coefficient (Wildman–Crippen LogP) is 15.4. The minimum atomic E-state index is 0.596. The molecule has 0 aliphatic heterocycles. The maximum absolute atomic E-state index is 6.65. The Morgan fingerprint density at radius 3 is 1.72 bits per heavy atom. The van der Waals surface area contributed by atoms with Crippen LogP contribution in [0, 0.1) is 0 Å². The van der Waals surface area contributed by atoms with E-state index in [2.05, 4.69) is 187 Å². The first kappa shape index (κ1) is 35.1. The van der Waals surface area contributed by atoms with Gasteiger partial charge in [0.25, 0.3) is 0 Å². The van der Waals surface area contributed by atoms with Crippen molar-refractivity contribution in [3.05, 3.63) is 206 Å². The Labute approximate surface area is 355 Å². The monoisotopic (exact) mass is 798 g/mol. The zero-order chi connectivity index (χ0) is 40.3. The van der Waals surface area contributed by atoms with E-state index in [9.17, 15) is 0 Å². The number of thiophene rings is 1. The van der Waals surface area contributed by atoms with E-state index in [0.29, 0.717) is 17.5 Å². The summed E-state index contributed by atoms with van der Waals surface area (Å²) in [4.78, 5) is 18.0. The summed E-state index contributed by atoms with van der Waals surface area (Å²) in [7, 11) is 0. The van der Waals surface area contributed by atoms with Gasteiger partial charge in [-0.15, -0.1) is 11.3 Å². The third-order valence-corrected chi connectivity index (χ3v) is 12.6. The number of hydrogen-bond donors (Lipinski definition) is 0. The molecule has 0 spiro atoms. The lowest BCUT2D eigenvalue weighted by Crippen LogP contribution is -2.09. The van der Waals surface area contributed by atoms with Crippen LogP contribution in [0.4, 0.5) is 17.1 Å². The Morgan fingerprint density at radius 2 is 0.951 bits per heavy atom. The van der Waals surface area contributed by atoms with E-state index in [4.69, 9.17) is 19.4 Å². The van der Waals surface area contributed by atoms with Gasteiger partial charge in [-0.05, 0) is 94.7 Å². The van der Waals surface area contributed by atoms with E-state index < -0.39 is 0 Å². The molecule has 286 valence electrons. The van der Waals surface area contributed by atoms with Crippen molar-refractivity contribution in [3.8, 4) is 45.3 Å². The molecular weight excluding hydrogens is 765 g/mol. The maximum Gasteiger partial charge on any atom is 0.164 e. The second kappa shape index (κ2) is 14.4. The molecule has 9 aromatic carbocycles. The average Bonchev–Trinajstić information content (AvgIpc) is 3.91. The van der Waals surface area contributed by atoms with Crippen molar-refractivity contribution in [1.82, 2.24) is 15.0 Å². The number of benzene rings is 9. The number of furan rings is 1. The molecular formula is C55H34N4OS. The van der Waals surface area contributed by atoms with E-state index in [1.165, 1.54) is 20.2 Å². The molecule has 0 N–H and O–H groups in total. The first-order valence-corrected chi connectivity index (χ1v) is 21.2. The first-order valence-electron chi connectivity index (χ1n) is 20.3. The zero-order valence-corrected chi connectivity index (χ0v) is 33.6. The van der Waals surface area contributed by atoms with Gasteiger partial charge in [0, 0.05) is 64.7 Å². The average molecular weight is 799 g/mol. The number of aromatic nitrogens is 3. The third-order valence-electron chi connectivity index (χ3n) is 11.5. The van der Waals surface area contributed by atoms with Gasteiger partial charge in [-0.25, -0.2) is 15.0 Å². The Hall–Kier alpha value is -7.93. The summed E-state index contributed by atoms with van der Waals surface area (Å²) in [5.74, 6) is 1.85. The fourth-order valence-corrected chi connectivity index (χ4v) is 9.76. The van der Waals surface area contributed by atoms with Crippen molar-refractivity contribution >= 4 is 81.3 Å². The largest absolute Gasteiger partial charge is 0.456 e. The molecule has 0 amide bonds. The lowest BCUT2D eigenvalue weighted by molar-refractivity contribution is 0.669. The number of nitrogens with zero attached hydrogens (tertiary/aromatic N) is 4. The molecule has 12 aromatic rings. The summed E-state index contributed by atoms with van der Waals surface area (Å²) in [6, 6.07) is 72.1. The maximum atomic E-state index is 6.65. The van der Waals surface area contributed by atoms with Gasteiger partial charge in [0.15, 0.2) is 17.5 Å². The molecule has 12 rings (SSSR count). The van der Waals surface area contributed by atoms with Crippen molar-refractivity contribution in [3.63, 3.8) is 0 Å². The van der Waals surface area contributed by atoms with E-state index in [-0.39, 0.29) is 0 Å². The lowest BCUT2D eigenvalue weighted by atomic mass is 10.0. The molecule has 5 nitrogen and oxygen atoms in total. The first-order chi connectivity index (χ1) is 30.2. The highest BCUT2D eigenvalue weighted by Crippen LogP contribution is 2.42. The molecule has 6 heteroatoms. The second-order valence-electron chi connectivity index (χ2n) is 15.2. The number of anilines is 3. The van der Waals surface area contributed by atoms with Crippen LogP contribution in [-0.4, -0.2) is 15.0 Å². The lowest BCUT2D eigenvalue weighted by Gasteiger charge is -2.25. The van der Waals surface area contributed by atoms with Crippen LogP contribution in [0.2, 0.25) is 0 Å². The Bertz CT molecular complexity index is 3560. The SMILES string of the molecule is c1ccc(N(c2ccccc2)c2ccc(-c3ccc4c(c3)oc3cccc(-c5nc(-c6ccc7ccccc7c6)nc(-c6cccc7sc8ccccc8c67)n5)c34)cc2)cc1. The summed E-state index contributed by atoms with van der Waals surface area (Å²) < 4.78 is 9.09. The molecule has 3 heterocycles. The van der Waals surface area contributed by atoms with Gasteiger partial charge >= 0.3 is 0 Å².